The summed E-state index contributed by atoms with van der Waals surface area (Å²) in [5.41, 5.74) is 5.26. The van der Waals surface area contributed by atoms with Gasteiger partial charge in [-0.1, -0.05) is 33.1 Å². The molecular formula is C14H27NO3. The third-order valence-corrected chi connectivity index (χ3v) is 3.78. The van der Waals surface area contributed by atoms with Crippen LogP contribution in [-0.4, -0.2) is 31.3 Å². The van der Waals surface area contributed by atoms with Crippen LogP contribution in [0.2, 0.25) is 0 Å². The van der Waals surface area contributed by atoms with E-state index in [0.717, 1.165) is 12.8 Å². The van der Waals surface area contributed by atoms with Gasteiger partial charge in [-0.3, -0.25) is 4.79 Å². The maximum Gasteiger partial charge on any atom is 0.326 e. The molecule has 4 nitrogen and oxygen atoms in total. The Morgan fingerprint density at radius 1 is 1.39 bits per heavy atom. The Labute approximate surface area is 110 Å². The van der Waals surface area contributed by atoms with Gasteiger partial charge in [-0.25, -0.2) is 0 Å². The summed E-state index contributed by atoms with van der Waals surface area (Å²) in [5, 5.41) is 0. The summed E-state index contributed by atoms with van der Waals surface area (Å²) in [6, 6.07) is 0. The number of rotatable bonds is 7. The molecule has 1 aliphatic heterocycles. The molecule has 0 aliphatic carbocycles. The zero-order chi connectivity index (χ0) is 13.4. The summed E-state index contributed by atoms with van der Waals surface area (Å²) in [6.07, 6.45) is 5.68. The number of nitrogens with two attached hydrogens (primary N) is 1. The molecule has 1 unspecified atom stereocenters. The van der Waals surface area contributed by atoms with Crippen LogP contribution in [0.3, 0.4) is 0 Å². The topological polar surface area (TPSA) is 61.5 Å². The molecular weight excluding hydrogens is 230 g/mol. The predicted molar refractivity (Wildman–Crippen MR) is 71.2 cm³/mol. The molecule has 2 N–H and O–H groups in total. The van der Waals surface area contributed by atoms with Crippen LogP contribution in [0.5, 0.6) is 0 Å². The second-order valence-electron chi connectivity index (χ2n) is 5.28. The molecule has 0 radical (unpaired) electrons. The molecule has 4 heteroatoms. The molecule has 1 rings (SSSR count). The van der Waals surface area contributed by atoms with E-state index in [2.05, 4.69) is 13.8 Å². The van der Waals surface area contributed by atoms with E-state index in [4.69, 9.17) is 15.2 Å². The fraction of sp³-hybridized carbons (Fsp3) is 0.929. The van der Waals surface area contributed by atoms with Crippen LogP contribution in [0, 0.1) is 5.92 Å². The van der Waals surface area contributed by atoms with E-state index in [-0.39, 0.29) is 5.97 Å². The monoisotopic (exact) mass is 257 g/mol. The van der Waals surface area contributed by atoms with Crippen LogP contribution in [0.15, 0.2) is 0 Å². The number of hydrogen-bond donors (Lipinski definition) is 1. The molecule has 1 atom stereocenters. The summed E-state index contributed by atoms with van der Waals surface area (Å²) >= 11 is 0. The van der Waals surface area contributed by atoms with E-state index in [9.17, 15) is 4.79 Å². The average molecular weight is 257 g/mol. The maximum absolute atomic E-state index is 12.0. The second kappa shape index (κ2) is 7.74. The molecule has 0 bridgehead atoms. The average Bonchev–Trinajstić information content (AvgIpc) is 2.39. The summed E-state index contributed by atoms with van der Waals surface area (Å²) in [7, 11) is 0. The minimum absolute atomic E-state index is 0.249. The number of carbonyl (C=O) groups is 1. The molecule has 0 aromatic rings. The lowest BCUT2D eigenvalue weighted by Crippen LogP contribution is -2.53. The number of hydrogen-bond acceptors (Lipinski definition) is 4. The summed E-state index contributed by atoms with van der Waals surface area (Å²) in [4.78, 5) is 12.0. The quantitative estimate of drug-likeness (QED) is 0.711. The third-order valence-electron chi connectivity index (χ3n) is 3.78. The Kier molecular flexibility index (Phi) is 6.65. The van der Waals surface area contributed by atoms with Crippen LogP contribution in [0.1, 0.15) is 52.4 Å². The van der Waals surface area contributed by atoms with Gasteiger partial charge >= 0.3 is 5.97 Å². The molecule has 0 amide bonds. The zero-order valence-corrected chi connectivity index (χ0v) is 11.7. The van der Waals surface area contributed by atoms with Crippen LogP contribution in [-0.2, 0) is 14.3 Å². The van der Waals surface area contributed by atoms with Crippen LogP contribution < -0.4 is 5.73 Å². The molecule has 1 heterocycles. The van der Waals surface area contributed by atoms with Crippen LogP contribution in [0.4, 0.5) is 0 Å². The van der Waals surface area contributed by atoms with E-state index < -0.39 is 5.54 Å². The first-order valence-electron chi connectivity index (χ1n) is 7.16. The van der Waals surface area contributed by atoms with Gasteiger partial charge in [0.05, 0.1) is 6.61 Å². The number of unbranched alkanes of at least 4 members (excludes halogenated alkanes) is 1. The van der Waals surface area contributed by atoms with Crippen LogP contribution >= 0.6 is 0 Å². The predicted octanol–water partition coefficient (Wildman–Crippen LogP) is 2.25. The largest absolute Gasteiger partial charge is 0.464 e. The van der Waals surface area contributed by atoms with Crippen molar-refractivity contribution < 1.29 is 14.3 Å². The molecule has 106 valence electrons. The Morgan fingerprint density at radius 2 is 2.06 bits per heavy atom. The molecule has 0 aromatic heterocycles. The van der Waals surface area contributed by atoms with Crippen molar-refractivity contribution in [3.63, 3.8) is 0 Å². The minimum atomic E-state index is -0.818. The second-order valence-corrected chi connectivity index (χ2v) is 5.28. The first-order chi connectivity index (χ1) is 8.62. The standard InChI is InChI=1S/C14H27NO3/c1-3-5-6-12(4-2)11-18-13(16)14(15)7-9-17-10-8-14/h12H,3-11,15H2,1-2H3. The summed E-state index contributed by atoms with van der Waals surface area (Å²) < 4.78 is 10.6. The SMILES string of the molecule is CCCCC(CC)COC(=O)C1(N)CCOCC1. The Balaban J connectivity index is 2.34. The molecule has 0 spiro atoms. The number of ether oxygens (including phenoxy) is 2. The van der Waals surface area contributed by atoms with Crippen molar-refractivity contribution in [1.29, 1.82) is 0 Å². The first-order valence-corrected chi connectivity index (χ1v) is 7.16. The van der Waals surface area contributed by atoms with E-state index in [1.807, 2.05) is 0 Å². The van der Waals surface area contributed by atoms with Gasteiger partial charge in [-0.15, -0.1) is 0 Å². The van der Waals surface area contributed by atoms with Crippen molar-refractivity contribution in [2.45, 2.75) is 57.9 Å². The summed E-state index contributed by atoms with van der Waals surface area (Å²) in [6.45, 7) is 5.93. The van der Waals surface area contributed by atoms with Gasteiger partial charge in [0.1, 0.15) is 5.54 Å². The first kappa shape index (κ1) is 15.4. The highest BCUT2D eigenvalue weighted by molar-refractivity contribution is 5.80. The number of esters is 1. The minimum Gasteiger partial charge on any atom is -0.464 e. The van der Waals surface area contributed by atoms with E-state index in [1.165, 1.54) is 12.8 Å². The Hall–Kier alpha value is -0.610. The van der Waals surface area contributed by atoms with Gasteiger partial charge < -0.3 is 15.2 Å². The van der Waals surface area contributed by atoms with Gasteiger partial charge in [-0.2, -0.15) is 0 Å². The van der Waals surface area contributed by atoms with Gasteiger partial charge in [0.15, 0.2) is 0 Å². The van der Waals surface area contributed by atoms with Crippen molar-refractivity contribution >= 4 is 5.97 Å². The van der Waals surface area contributed by atoms with Gasteiger partial charge in [0.2, 0.25) is 0 Å². The lowest BCUT2D eigenvalue weighted by Gasteiger charge is -2.31. The van der Waals surface area contributed by atoms with Gasteiger partial charge in [-0.05, 0) is 25.2 Å². The van der Waals surface area contributed by atoms with Crippen molar-refractivity contribution in [1.82, 2.24) is 0 Å². The van der Waals surface area contributed by atoms with Crippen molar-refractivity contribution in [2.24, 2.45) is 11.7 Å². The van der Waals surface area contributed by atoms with E-state index in [0.29, 0.717) is 38.6 Å². The molecule has 1 fully saturated rings. The van der Waals surface area contributed by atoms with E-state index >= 15 is 0 Å². The van der Waals surface area contributed by atoms with Gasteiger partial charge in [0.25, 0.3) is 0 Å². The third kappa shape index (κ3) is 4.58. The maximum atomic E-state index is 12.0. The highest BCUT2D eigenvalue weighted by Gasteiger charge is 2.37. The zero-order valence-electron chi connectivity index (χ0n) is 11.7. The lowest BCUT2D eigenvalue weighted by atomic mass is 9.91. The molecule has 0 aromatic carbocycles. The fourth-order valence-corrected chi connectivity index (χ4v) is 2.18. The number of carbonyl (C=O) groups excluding carboxylic acids is 1. The fourth-order valence-electron chi connectivity index (χ4n) is 2.18. The van der Waals surface area contributed by atoms with Crippen LogP contribution in [0.25, 0.3) is 0 Å². The highest BCUT2D eigenvalue weighted by Crippen LogP contribution is 2.20. The molecule has 18 heavy (non-hydrogen) atoms. The highest BCUT2D eigenvalue weighted by atomic mass is 16.5. The Bertz CT molecular complexity index is 249. The van der Waals surface area contributed by atoms with Crippen molar-refractivity contribution in [3.05, 3.63) is 0 Å². The van der Waals surface area contributed by atoms with Crippen molar-refractivity contribution in [2.75, 3.05) is 19.8 Å². The smallest absolute Gasteiger partial charge is 0.326 e. The summed E-state index contributed by atoms with van der Waals surface area (Å²) in [5.74, 6) is 0.220. The van der Waals surface area contributed by atoms with E-state index in [1.54, 1.807) is 0 Å². The van der Waals surface area contributed by atoms with Crippen molar-refractivity contribution in [3.8, 4) is 0 Å². The van der Waals surface area contributed by atoms with Gasteiger partial charge in [0, 0.05) is 13.2 Å². The molecule has 1 aliphatic rings. The lowest BCUT2D eigenvalue weighted by molar-refractivity contribution is -0.155. The normalized spacial score (nSPS) is 20.4. The molecule has 0 saturated carbocycles. The molecule has 1 saturated heterocycles. The Morgan fingerprint density at radius 3 is 2.61 bits per heavy atom.